The molecule has 0 amide bonds. The maximum atomic E-state index is 11.0. The Hall–Kier alpha value is -1.75. The molecule has 0 fully saturated rings. The molecule has 4 N–H and O–H groups in total. The first-order chi connectivity index (χ1) is 8.25. The molecule has 0 aromatic heterocycles. The molecule has 5 heteroatoms. The van der Waals surface area contributed by atoms with Gasteiger partial charge in [0.15, 0.2) is 0 Å². The zero-order valence-electron chi connectivity index (χ0n) is 11.3. The Morgan fingerprint density at radius 2 is 2.06 bits per heavy atom. The molecular formula is C13H21N3O2. The summed E-state index contributed by atoms with van der Waals surface area (Å²) in [5.41, 5.74) is 6.84. The van der Waals surface area contributed by atoms with Crippen LogP contribution < -0.4 is 11.1 Å². The Bertz CT molecular complexity index is 442. The molecule has 18 heavy (non-hydrogen) atoms. The Morgan fingerprint density at radius 3 is 2.56 bits per heavy atom. The van der Waals surface area contributed by atoms with Gasteiger partial charge in [-0.2, -0.15) is 0 Å². The van der Waals surface area contributed by atoms with E-state index in [4.69, 9.17) is 10.8 Å². The Morgan fingerprint density at radius 1 is 1.44 bits per heavy atom. The quantitative estimate of drug-likeness (QED) is 0.694. The van der Waals surface area contributed by atoms with Crippen molar-refractivity contribution >= 4 is 17.3 Å². The van der Waals surface area contributed by atoms with Gasteiger partial charge in [-0.05, 0) is 40.1 Å². The van der Waals surface area contributed by atoms with Crippen molar-refractivity contribution < 1.29 is 9.90 Å². The lowest BCUT2D eigenvalue weighted by Gasteiger charge is -2.33. The summed E-state index contributed by atoms with van der Waals surface area (Å²) in [6.45, 7) is 4.86. The molecule has 0 saturated carbocycles. The van der Waals surface area contributed by atoms with Crippen LogP contribution in [-0.2, 0) is 0 Å². The normalized spacial score (nSPS) is 11.6. The number of carboxylic acids is 1. The van der Waals surface area contributed by atoms with Crippen LogP contribution in [0, 0.1) is 0 Å². The molecule has 1 rings (SSSR count). The van der Waals surface area contributed by atoms with Gasteiger partial charge in [0.1, 0.15) is 0 Å². The van der Waals surface area contributed by atoms with Crippen LogP contribution in [0.1, 0.15) is 24.2 Å². The standard InChI is InChI=1S/C13H21N3O2/c1-13(2,16(3)4)8-15-10-7-5-6-9(11(10)14)12(17)18/h5-7,15H,8,14H2,1-4H3,(H,17,18). The summed E-state index contributed by atoms with van der Waals surface area (Å²) in [7, 11) is 4.00. The Balaban J connectivity index is 2.87. The number of nitrogens with zero attached hydrogens (tertiary/aromatic N) is 1. The van der Waals surface area contributed by atoms with E-state index in [1.54, 1.807) is 12.1 Å². The van der Waals surface area contributed by atoms with Crippen LogP contribution >= 0.6 is 0 Å². The van der Waals surface area contributed by atoms with E-state index in [-0.39, 0.29) is 16.8 Å². The highest BCUT2D eigenvalue weighted by molar-refractivity contribution is 5.97. The van der Waals surface area contributed by atoms with E-state index in [0.717, 1.165) is 0 Å². The fourth-order valence-corrected chi connectivity index (χ4v) is 1.38. The zero-order chi connectivity index (χ0) is 13.9. The fraction of sp³-hybridized carbons (Fsp3) is 0.462. The number of carboxylic acid groups (broad SMARTS) is 1. The van der Waals surface area contributed by atoms with Crippen molar-refractivity contribution in [2.24, 2.45) is 0 Å². The van der Waals surface area contributed by atoms with Crippen LogP contribution in [0.2, 0.25) is 0 Å². The molecule has 0 aliphatic rings. The van der Waals surface area contributed by atoms with E-state index in [2.05, 4.69) is 24.1 Å². The summed E-state index contributed by atoms with van der Waals surface area (Å²) in [4.78, 5) is 13.1. The number of nitrogen functional groups attached to an aromatic ring is 1. The zero-order valence-corrected chi connectivity index (χ0v) is 11.3. The number of hydrogen-bond donors (Lipinski definition) is 3. The first kappa shape index (κ1) is 14.3. The first-order valence-electron chi connectivity index (χ1n) is 5.79. The summed E-state index contributed by atoms with van der Waals surface area (Å²) in [6, 6.07) is 4.97. The number of nitrogens with one attached hydrogen (secondary N) is 1. The van der Waals surface area contributed by atoms with Crippen LogP contribution in [0.3, 0.4) is 0 Å². The minimum atomic E-state index is -1.01. The predicted octanol–water partition coefficient (Wildman–Crippen LogP) is 1.72. The number of aromatic carboxylic acids is 1. The molecule has 0 unspecified atom stereocenters. The van der Waals surface area contributed by atoms with Gasteiger partial charge in [-0.1, -0.05) is 6.07 Å². The lowest BCUT2D eigenvalue weighted by Crippen LogP contribution is -2.44. The molecular weight excluding hydrogens is 230 g/mol. The van der Waals surface area contributed by atoms with E-state index in [1.165, 1.54) is 6.07 Å². The summed E-state index contributed by atoms with van der Waals surface area (Å²) in [5.74, 6) is -1.01. The van der Waals surface area contributed by atoms with Crippen molar-refractivity contribution in [1.82, 2.24) is 4.90 Å². The molecule has 0 bridgehead atoms. The molecule has 0 aliphatic heterocycles. The molecule has 0 spiro atoms. The number of nitrogens with two attached hydrogens (primary N) is 1. The molecule has 0 radical (unpaired) electrons. The number of likely N-dealkylation sites (N-methyl/N-ethyl adjacent to an activating group) is 1. The van der Waals surface area contributed by atoms with Crippen molar-refractivity contribution in [3.05, 3.63) is 23.8 Å². The van der Waals surface area contributed by atoms with Gasteiger partial charge in [-0.3, -0.25) is 0 Å². The molecule has 0 atom stereocenters. The van der Waals surface area contributed by atoms with Crippen molar-refractivity contribution in [2.45, 2.75) is 19.4 Å². The van der Waals surface area contributed by atoms with Gasteiger partial charge in [0.25, 0.3) is 0 Å². The van der Waals surface area contributed by atoms with E-state index in [1.807, 2.05) is 14.1 Å². The van der Waals surface area contributed by atoms with Crippen LogP contribution in [0.15, 0.2) is 18.2 Å². The van der Waals surface area contributed by atoms with Gasteiger partial charge in [0.05, 0.1) is 16.9 Å². The third kappa shape index (κ3) is 3.13. The second-order valence-corrected chi connectivity index (χ2v) is 5.13. The van der Waals surface area contributed by atoms with Crippen LogP contribution in [-0.4, -0.2) is 42.2 Å². The molecule has 1 aromatic carbocycles. The highest BCUT2D eigenvalue weighted by atomic mass is 16.4. The molecule has 0 saturated heterocycles. The minimum Gasteiger partial charge on any atom is -0.478 e. The fourth-order valence-electron chi connectivity index (χ4n) is 1.38. The van der Waals surface area contributed by atoms with Gasteiger partial charge in [0, 0.05) is 12.1 Å². The van der Waals surface area contributed by atoms with Gasteiger partial charge < -0.3 is 21.1 Å². The van der Waals surface area contributed by atoms with Crippen molar-refractivity contribution in [1.29, 1.82) is 0 Å². The number of hydrogen-bond acceptors (Lipinski definition) is 4. The highest BCUT2D eigenvalue weighted by Crippen LogP contribution is 2.23. The number of rotatable bonds is 5. The topological polar surface area (TPSA) is 78.6 Å². The molecule has 0 aliphatic carbocycles. The molecule has 1 aromatic rings. The maximum absolute atomic E-state index is 11.0. The third-order valence-corrected chi connectivity index (χ3v) is 3.26. The second-order valence-electron chi connectivity index (χ2n) is 5.13. The average molecular weight is 251 g/mol. The van der Waals surface area contributed by atoms with Crippen molar-refractivity contribution in [2.75, 3.05) is 31.7 Å². The van der Waals surface area contributed by atoms with E-state index in [0.29, 0.717) is 12.2 Å². The summed E-state index contributed by atoms with van der Waals surface area (Å²) >= 11 is 0. The lowest BCUT2D eigenvalue weighted by molar-refractivity contribution is 0.0698. The molecule has 0 heterocycles. The van der Waals surface area contributed by atoms with Crippen LogP contribution in [0.4, 0.5) is 11.4 Å². The first-order valence-corrected chi connectivity index (χ1v) is 5.79. The largest absolute Gasteiger partial charge is 0.478 e. The van der Waals surface area contributed by atoms with Gasteiger partial charge in [-0.15, -0.1) is 0 Å². The number of para-hydroxylation sites is 1. The number of anilines is 2. The summed E-state index contributed by atoms with van der Waals surface area (Å²) < 4.78 is 0. The average Bonchev–Trinajstić information content (AvgIpc) is 2.27. The van der Waals surface area contributed by atoms with E-state index < -0.39 is 5.97 Å². The minimum absolute atomic E-state index is 0.0499. The smallest absolute Gasteiger partial charge is 0.337 e. The predicted molar refractivity (Wildman–Crippen MR) is 74.1 cm³/mol. The highest BCUT2D eigenvalue weighted by Gasteiger charge is 2.20. The SMILES string of the molecule is CN(C)C(C)(C)CNc1cccc(C(=O)O)c1N. The number of carbonyl (C=O) groups is 1. The van der Waals surface area contributed by atoms with Crippen molar-refractivity contribution in [3.63, 3.8) is 0 Å². The Labute approximate surface area is 108 Å². The Kier molecular flexibility index (Phi) is 4.19. The van der Waals surface area contributed by atoms with Crippen LogP contribution in [0.5, 0.6) is 0 Å². The van der Waals surface area contributed by atoms with E-state index in [9.17, 15) is 4.79 Å². The summed E-state index contributed by atoms with van der Waals surface area (Å²) in [5, 5.41) is 12.2. The van der Waals surface area contributed by atoms with Gasteiger partial charge >= 0.3 is 5.97 Å². The van der Waals surface area contributed by atoms with Crippen molar-refractivity contribution in [3.8, 4) is 0 Å². The van der Waals surface area contributed by atoms with Gasteiger partial charge in [0.2, 0.25) is 0 Å². The molecule has 5 nitrogen and oxygen atoms in total. The molecule has 100 valence electrons. The summed E-state index contributed by atoms with van der Waals surface area (Å²) in [6.07, 6.45) is 0. The monoisotopic (exact) mass is 251 g/mol. The van der Waals surface area contributed by atoms with Gasteiger partial charge in [-0.25, -0.2) is 4.79 Å². The number of benzene rings is 1. The van der Waals surface area contributed by atoms with E-state index >= 15 is 0 Å². The second kappa shape index (κ2) is 5.27. The maximum Gasteiger partial charge on any atom is 0.337 e. The van der Waals surface area contributed by atoms with Crippen LogP contribution in [0.25, 0.3) is 0 Å². The lowest BCUT2D eigenvalue weighted by atomic mass is 10.0. The third-order valence-electron chi connectivity index (χ3n) is 3.26.